The van der Waals surface area contributed by atoms with Gasteiger partial charge in [-0.2, -0.15) is 0 Å². The van der Waals surface area contributed by atoms with Gasteiger partial charge in [-0.1, -0.05) is 24.3 Å². The van der Waals surface area contributed by atoms with E-state index in [9.17, 15) is 9.59 Å². The van der Waals surface area contributed by atoms with Crippen LogP contribution in [0.5, 0.6) is 0 Å². The molecule has 2 fully saturated rings. The number of carbonyl (C=O) groups excluding carboxylic acids is 2. The SMILES string of the molecule is O=C(c1cc2ccccc2[nH]1)N1CCCC12CCCN(Cc1ccccn1)C2=O. The summed E-state index contributed by atoms with van der Waals surface area (Å²) in [5.41, 5.74) is 1.66. The van der Waals surface area contributed by atoms with Gasteiger partial charge in [0.1, 0.15) is 11.2 Å². The standard InChI is InChI=1S/C23H24N4O2/c28-21(20-15-17-7-1-2-9-19(17)25-20)27-14-6-11-23(27)10-5-13-26(22(23)29)16-18-8-3-4-12-24-18/h1-4,7-9,12,15,25H,5-6,10-11,13-14,16H2. The Hall–Kier alpha value is -3.15. The number of rotatable bonds is 3. The number of fused-ring (bicyclic) bond motifs is 1. The van der Waals surface area contributed by atoms with Crippen LogP contribution in [0.1, 0.15) is 41.9 Å². The Morgan fingerprint density at radius 3 is 2.66 bits per heavy atom. The Kier molecular flexibility index (Phi) is 4.34. The lowest BCUT2D eigenvalue weighted by Gasteiger charge is -2.44. The molecule has 0 aliphatic carbocycles. The van der Waals surface area contributed by atoms with Gasteiger partial charge < -0.3 is 14.8 Å². The molecular weight excluding hydrogens is 364 g/mol. The Bertz CT molecular complexity index is 1030. The molecule has 2 amide bonds. The number of aromatic amines is 1. The number of nitrogens with one attached hydrogen (secondary N) is 1. The third-order valence-electron chi connectivity index (χ3n) is 6.28. The van der Waals surface area contributed by atoms with Crippen LogP contribution in [0.4, 0.5) is 0 Å². The Labute approximate surface area is 169 Å². The predicted octanol–water partition coefficient (Wildman–Crippen LogP) is 3.36. The van der Waals surface area contributed by atoms with Gasteiger partial charge in [-0.25, -0.2) is 0 Å². The van der Waals surface area contributed by atoms with Crippen LogP contribution >= 0.6 is 0 Å². The fourth-order valence-electron chi connectivity index (χ4n) is 4.89. The summed E-state index contributed by atoms with van der Waals surface area (Å²) in [7, 11) is 0. The molecule has 0 saturated carbocycles. The van der Waals surface area contributed by atoms with Crippen molar-refractivity contribution in [2.75, 3.05) is 13.1 Å². The fourth-order valence-corrected chi connectivity index (χ4v) is 4.89. The molecule has 1 atom stereocenters. The van der Waals surface area contributed by atoms with Gasteiger partial charge in [-0.3, -0.25) is 14.6 Å². The number of para-hydroxylation sites is 1. The summed E-state index contributed by atoms with van der Waals surface area (Å²) in [6.07, 6.45) is 4.97. The zero-order valence-electron chi connectivity index (χ0n) is 16.3. The van der Waals surface area contributed by atoms with Crippen molar-refractivity contribution in [2.45, 2.75) is 37.8 Å². The second-order valence-corrected chi connectivity index (χ2v) is 8.01. The van der Waals surface area contributed by atoms with Crippen molar-refractivity contribution in [1.29, 1.82) is 0 Å². The zero-order chi connectivity index (χ0) is 19.8. The van der Waals surface area contributed by atoms with Crippen LogP contribution in [0, 0.1) is 0 Å². The zero-order valence-corrected chi connectivity index (χ0v) is 16.3. The maximum absolute atomic E-state index is 13.6. The fraction of sp³-hybridized carbons (Fsp3) is 0.348. The topological polar surface area (TPSA) is 69.3 Å². The molecule has 4 heterocycles. The third-order valence-corrected chi connectivity index (χ3v) is 6.28. The molecule has 2 aromatic heterocycles. The van der Waals surface area contributed by atoms with E-state index in [1.807, 2.05) is 58.3 Å². The lowest BCUT2D eigenvalue weighted by molar-refractivity contribution is -0.146. The molecule has 1 unspecified atom stereocenters. The normalized spacial score (nSPS) is 22.0. The maximum Gasteiger partial charge on any atom is 0.271 e. The monoisotopic (exact) mass is 388 g/mol. The minimum atomic E-state index is -0.721. The molecule has 1 N–H and O–H groups in total. The van der Waals surface area contributed by atoms with E-state index in [1.165, 1.54) is 0 Å². The largest absolute Gasteiger partial charge is 0.351 e. The van der Waals surface area contributed by atoms with E-state index in [1.54, 1.807) is 6.20 Å². The molecule has 6 heteroatoms. The van der Waals surface area contributed by atoms with E-state index < -0.39 is 5.54 Å². The molecule has 148 valence electrons. The van der Waals surface area contributed by atoms with E-state index in [0.29, 0.717) is 25.3 Å². The van der Waals surface area contributed by atoms with Gasteiger partial charge in [0.05, 0.1) is 12.2 Å². The van der Waals surface area contributed by atoms with Crippen molar-refractivity contribution in [3.05, 3.63) is 66.1 Å². The molecule has 0 bridgehead atoms. The second kappa shape index (κ2) is 7.03. The summed E-state index contributed by atoms with van der Waals surface area (Å²) >= 11 is 0. The van der Waals surface area contributed by atoms with Crippen molar-refractivity contribution in [1.82, 2.24) is 19.8 Å². The van der Waals surface area contributed by atoms with Crippen LogP contribution in [0.15, 0.2) is 54.7 Å². The van der Waals surface area contributed by atoms with Crippen molar-refractivity contribution in [2.24, 2.45) is 0 Å². The van der Waals surface area contributed by atoms with Crippen LogP contribution in [0.3, 0.4) is 0 Å². The highest BCUT2D eigenvalue weighted by Gasteiger charge is 2.53. The van der Waals surface area contributed by atoms with Crippen LogP contribution in [-0.4, -0.2) is 50.2 Å². The molecule has 3 aromatic rings. The van der Waals surface area contributed by atoms with Gasteiger partial charge in [0.25, 0.3) is 5.91 Å². The number of amides is 2. The Morgan fingerprint density at radius 1 is 1.07 bits per heavy atom. The molecule has 0 radical (unpaired) electrons. The number of H-pyrrole nitrogens is 1. The van der Waals surface area contributed by atoms with Crippen molar-refractivity contribution in [3.8, 4) is 0 Å². The van der Waals surface area contributed by atoms with E-state index in [-0.39, 0.29) is 11.8 Å². The average Bonchev–Trinajstić information content (AvgIpc) is 3.37. The van der Waals surface area contributed by atoms with Crippen molar-refractivity contribution < 1.29 is 9.59 Å². The summed E-state index contributed by atoms with van der Waals surface area (Å²) in [6.45, 7) is 1.83. The number of aromatic nitrogens is 2. The van der Waals surface area contributed by atoms with E-state index in [4.69, 9.17) is 0 Å². The highest BCUT2D eigenvalue weighted by molar-refractivity contribution is 6.02. The molecule has 6 nitrogen and oxygen atoms in total. The summed E-state index contributed by atoms with van der Waals surface area (Å²) < 4.78 is 0. The number of piperidine rings is 1. The first-order valence-electron chi connectivity index (χ1n) is 10.3. The highest BCUT2D eigenvalue weighted by atomic mass is 16.2. The molecule has 2 aliphatic heterocycles. The van der Waals surface area contributed by atoms with Gasteiger partial charge >= 0.3 is 0 Å². The lowest BCUT2D eigenvalue weighted by Crippen LogP contribution is -2.61. The second-order valence-electron chi connectivity index (χ2n) is 8.01. The number of hydrogen-bond acceptors (Lipinski definition) is 3. The molecule has 29 heavy (non-hydrogen) atoms. The summed E-state index contributed by atoms with van der Waals surface area (Å²) in [6, 6.07) is 15.5. The van der Waals surface area contributed by atoms with E-state index >= 15 is 0 Å². The number of pyridine rings is 1. The number of carbonyl (C=O) groups is 2. The van der Waals surface area contributed by atoms with Crippen LogP contribution in [0.2, 0.25) is 0 Å². The van der Waals surface area contributed by atoms with Crippen LogP contribution in [0.25, 0.3) is 10.9 Å². The summed E-state index contributed by atoms with van der Waals surface area (Å²) in [5.74, 6) is -0.0110. The quantitative estimate of drug-likeness (QED) is 0.748. The average molecular weight is 388 g/mol. The first-order valence-corrected chi connectivity index (χ1v) is 10.3. The molecule has 5 rings (SSSR count). The number of benzene rings is 1. The van der Waals surface area contributed by atoms with Gasteiger partial charge in [0.15, 0.2) is 0 Å². The minimum absolute atomic E-state index is 0.0661. The molecule has 1 spiro atoms. The van der Waals surface area contributed by atoms with Gasteiger partial charge in [0.2, 0.25) is 5.91 Å². The lowest BCUT2D eigenvalue weighted by atomic mass is 9.85. The number of nitrogens with zero attached hydrogens (tertiary/aromatic N) is 3. The van der Waals surface area contributed by atoms with Gasteiger partial charge in [-0.05, 0) is 49.9 Å². The minimum Gasteiger partial charge on any atom is -0.351 e. The van der Waals surface area contributed by atoms with E-state index in [0.717, 1.165) is 42.3 Å². The Balaban J connectivity index is 1.43. The first-order chi connectivity index (χ1) is 14.2. The first kappa shape index (κ1) is 17.9. The van der Waals surface area contributed by atoms with Crippen molar-refractivity contribution >= 4 is 22.7 Å². The van der Waals surface area contributed by atoms with Crippen molar-refractivity contribution in [3.63, 3.8) is 0 Å². The predicted molar refractivity (Wildman–Crippen MR) is 110 cm³/mol. The van der Waals surface area contributed by atoms with Crippen LogP contribution < -0.4 is 0 Å². The molecule has 2 aliphatic rings. The van der Waals surface area contributed by atoms with Gasteiger partial charge in [0, 0.05) is 30.2 Å². The number of likely N-dealkylation sites (tertiary alicyclic amines) is 2. The Morgan fingerprint density at radius 2 is 1.86 bits per heavy atom. The smallest absolute Gasteiger partial charge is 0.271 e. The summed E-state index contributed by atoms with van der Waals surface area (Å²) in [5, 5.41) is 1.01. The molecular formula is C23H24N4O2. The third kappa shape index (κ3) is 2.99. The molecule has 2 saturated heterocycles. The highest BCUT2D eigenvalue weighted by Crippen LogP contribution is 2.39. The molecule has 1 aromatic carbocycles. The maximum atomic E-state index is 13.6. The van der Waals surface area contributed by atoms with Crippen LogP contribution in [-0.2, 0) is 11.3 Å². The number of hydrogen-bond donors (Lipinski definition) is 1. The van der Waals surface area contributed by atoms with Gasteiger partial charge in [-0.15, -0.1) is 0 Å². The summed E-state index contributed by atoms with van der Waals surface area (Å²) in [4.78, 5) is 38.3. The van der Waals surface area contributed by atoms with E-state index in [2.05, 4.69) is 9.97 Å².